The molecule has 0 saturated heterocycles. The number of nitro groups is 1. The first-order valence-electron chi connectivity index (χ1n) is 11.2. The highest BCUT2D eigenvalue weighted by atomic mass is 16.6. The number of benzene rings is 1. The van der Waals surface area contributed by atoms with Crippen LogP contribution >= 0.6 is 0 Å². The van der Waals surface area contributed by atoms with Crippen molar-refractivity contribution >= 4 is 16.6 Å². The number of pyridine rings is 1. The zero-order valence-electron chi connectivity index (χ0n) is 18.2. The van der Waals surface area contributed by atoms with Gasteiger partial charge < -0.3 is 14.4 Å². The van der Waals surface area contributed by atoms with Crippen LogP contribution in [0.3, 0.4) is 0 Å². The van der Waals surface area contributed by atoms with Gasteiger partial charge in [0.1, 0.15) is 0 Å². The van der Waals surface area contributed by atoms with E-state index in [1.54, 1.807) is 4.57 Å². The van der Waals surface area contributed by atoms with Gasteiger partial charge >= 0.3 is 0 Å². The van der Waals surface area contributed by atoms with E-state index in [-0.39, 0.29) is 28.1 Å². The molecule has 0 fully saturated rings. The molecule has 1 aromatic carbocycles. The van der Waals surface area contributed by atoms with Crippen LogP contribution in [0.2, 0.25) is 0 Å². The Morgan fingerprint density at radius 2 is 1.63 bits per heavy atom. The number of aromatic nitrogens is 1. The number of ether oxygens (including phenoxy) is 1. The lowest BCUT2D eigenvalue weighted by Gasteiger charge is -2.15. The largest absolute Gasteiger partial charge is 0.504 e. The van der Waals surface area contributed by atoms with E-state index in [1.807, 2.05) is 6.92 Å². The number of hydrogen-bond acceptors (Lipinski definition) is 5. The topological polar surface area (TPSA) is 94.6 Å². The van der Waals surface area contributed by atoms with Crippen LogP contribution in [0.4, 0.5) is 5.69 Å². The molecule has 0 aliphatic heterocycles. The lowest BCUT2D eigenvalue weighted by atomic mass is 10.1. The van der Waals surface area contributed by atoms with E-state index in [2.05, 4.69) is 6.92 Å². The fourth-order valence-corrected chi connectivity index (χ4v) is 3.59. The van der Waals surface area contributed by atoms with Crippen molar-refractivity contribution in [1.82, 2.24) is 4.57 Å². The molecule has 1 heterocycles. The van der Waals surface area contributed by atoms with Gasteiger partial charge in [-0.15, -0.1) is 0 Å². The van der Waals surface area contributed by atoms with Gasteiger partial charge in [-0.2, -0.15) is 0 Å². The van der Waals surface area contributed by atoms with Crippen LogP contribution in [-0.4, -0.2) is 21.2 Å². The number of hydrogen-bond donors (Lipinski definition) is 1. The second kappa shape index (κ2) is 12.2. The van der Waals surface area contributed by atoms with Crippen LogP contribution in [0.15, 0.2) is 23.0 Å². The molecule has 0 atom stereocenters. The van der Waals surface area contributed by atoms with E-state index < -0.39 is 4.92 Å². The Kier molecular flexibility index (Phi) is 9.64. The van der Waals surface area contributed by atoms with Gasteiger partial charge in [0, 0.05) is 18.7 Å². The summed E-state index contributed by atoms with van der Waals surface area (Å²) in [6, 6.07) is 4.21. The molecule has 1 N–H and O–H groups in total. The molecule has 0 aliphatic carbocycles. The van der Waals surface area contributed by atoms with Crippen molar-refractivity contribution < 1.29 is 14.8 Å². The molecular formula is C23H34N2O5. The molecule has 0 aliphatic rings. The van der Waals surface area contributed by atoms with E-state index >= 15 is 0 Å². The fraction of sp³-hybridized carbons (Fsp3) is 0.609. The van der Waals surface area contributed by atoms with E-state index in [4.69, 9.17) is 4.74 Å². The molecule has 2 rings (SSSR count). The zero-order valence-corrected chi connectivity index (χ0v) is 18.2. The average molecular weight is 419 g/mol. The number of aromatic hydroxyl groups is 1. The first-order valence-corrected chi connectivity index (χ1v) is 11.2. The highest BCUT2D eigenvalue weighted by Crippen LogP contribution is 2.34. The quantitative estimate of drug-likeness (QED) is 0.233. The maximum absolute atomic E-state index is 13.0. The number of unbranched alkanes of at least 4 members (excludes halogenated alkanes) is 8. The van der Waals surface area contributed by atoms with Gasteiger partial charge in [-0.3, -0.25) is 14.9 Å². The van der Waals surface area contributed by atoms with Crippen LogP contribution < -0.4 is 10.3 Å². The number of nitro benzene ring substituents is 1. The van der Waals surface area contributed by atoms with E-state index in [9.17, 15) is 20.0 Å². The van der Waals surface area contributed by atoms with Gasteiger partial charge in [0.2, 0.25) is 5.75 Å². The van der Waals surface area contributed by atoms with Gasteiger partial charge in [-0.1, -0.05) is 65.2 Å². The predicted molar refractivity (Wildman–Crippen MR) is 120 cm³/mol. The maximum atomic E-state index is 13.0. The summed E-state index contributed by atoms with van der Waals surface area (Å²) in [7, 11) is 0. The number of non-ortho nitro benzene ring substituents is 1. The molecule has 166 valence electrons. The van der Waals surface area contributed by atoms with Crippen LogP contribution in [0.1, 0.15) is 78.1 Å². The van der Waals surface area contributed by atoms with Crippen LogP contribution in [0.5, 0.6) is 11.5 Å². The maximum Gasteiger partial charge on any atom is 0.297 e. The summed E-state index contributed by atoms with van der Waals surface area (Å²) in [4.78, 5) is 23.7. The summed E-state index contributed by atoms with van der Waals surface area (Å²) in [5.41, 5.74) is -0.0172. The molecule has 30 heavy (non-hydrogen) atoms. The van der Waals surface area contributed by atoms with Gasteiger partial charge in [0.25, 0.3) is 11.2 Å². The minimum atomic E-state index is -0.509. The van der Waals surface area contributed by atoms with Crippen molar-refractivity contribution in [2.24, 2.45) is 0 Å². The Morgan fingerprint density at radius 1 is 1.00 bits per heavy atom. The standard InChI is InChI=1S/C23H34N2O5/c1-3-5-7-8-9-10-11-12-15-24-20-14-13-18(25(28)29)17-19(20)21(26)22(23(24)27)30-16-6-4-2/h13-14,17,26H,3-12,15-16H2,1-2H3. The SMILES string of the molecule is CCCCCCCCCCn1c(=O)c(OCCCC)c(O)c2cc([N+](=O)[O-])ccc21. The first kappa shape index (κ1) is 23.7. The highest BCUT2D eigenvalue weighted by Gasteiger charge is 2.20. The molecule has 0 amide bonds. The van der Waals surface area contributed by atoms with E-state index in [1.165, 1.54) is 50.3 Å². The number of nitrogens with zero attached hydrogens (tertiary/aromatic N) is 2. The van der Waals surface area contributed by atoms with Crippen molar-refractivity contribution in [3.63, 3.8) is 0 Å². The molecule has 7 heteroatoms. The number of fused-ring (bicyclic) bond motifs is 1. The van der Waals surface area contributed by atoms with E-state index in [0.717, 1.165) is 32.1 Å². The molecule has 0 bridgehead atoms. The molecular weight excluding hydrogens is 384 g/mol. The molecule has 7 nitrogen and oxygen atoms in total. The Hall–Kier alpha value is -2.57. The van der Waals surface area contributed by atoms with Gasteiger partial charge in [-0.25, -0.2) is 0 Å². The summed E-state index contributed by atoms with van der Waals surface area (Å²) in [5.74, 6) is -0.432. The Bertz CT molecular complexity index is 891. The molecule has 2 aromatic rings. The molecule has 0 saturated carbocycles. The minimum Gasteiger partial charge on any atom is -0.504 e. The molecule has 0 spiro atoms. The van der Waals surface area contributed by atoms with Crippen molar-refractivity contribution in [2.45, 2.75) is 84.6 Å². The van der Waals surface area contributed by atoms with Gasteiger partial charge in [-0.05, 0) is 18.9 Å². The highest BCUT2D eigenvalue weighted by molar-refractivity contribution is 5.89. The summed E-state index contributed by atoms with van der Waals surface area (Å²) in [6.45, 7) is 5.02. The third-order valence-corrected chi connectivity index (χ3v) is 5.37. The minimum absolute atomic E-state index is 0.115. The summed E-state index contributed by atoms with van der Waals surface area (Å²) >= 11 is 0. The normalized spacial score (nSPS) is 11.1. The lowest BCUT2D eigenvalue weighted by Crippen LogP contribution is -2.23. The first-order chi connectivity index (χ1) is 14.5. The Balaban J connectivity index is 2.23. The van der Waals surface area contributed by atoms with Gasteiger partial charge in [0.05, 0.1) is 22.4 Å². The molecule has 1 aromatic heterocycles. The smallest absolute Gasteiger partial charge is 0.297 e. The van der Waals surface area contributed by atoms with Crippen molar-refractivity contribution in [2.75, 3.05) is 6.61 Å². The third kappa shape index (κ3) is 6.21. The summed E-state index contributed by atoms with van der Waals surface area (Å²) < 4.78 is 7.17. The zero-order chi connectivity index (χ0) is 21.9. The Morgan fingerprint density at radius 3 is 2.27 bits per heavy atom. The van der Waals surface area contributed by atoms with Crippen LogP contribution in [0.25, 0.3) is 10.9 Å². The summed E-state index contributed by atoms with van der Waals surface area (Å²) in [6.07, 6.45) is 10.8. The Labute approximate surface area is 177 Å². The predicted octanol–water partition coefficient (Wildman–Crippen LogP) is 5.93. The monoisotopic (exact) mass is 418 g/mol. The number of aryl methyl sites for hydroxylation is 1. The van der Waals surface area contributed by atoms with Crippen molar-refractivity contribution in [1.29, 1.82) is 0 Å². The second-order valence-corrected chi connectivity index (χ2v) is 7.77. The van der Waals surface area contributed by atoms with Crippen LogP contribution in [0, 0.1) is 10.1 Å². The van der Waals surface area contributed by atoms with Crippen molar-refractivity contribution in [3.05, 3.63) is 38.7 Å². The summed E-state index contributed by atoms with van der Waals surface area (Å²) in [5, 5.41) is 22.1. The van der Waals surface area contributed by atoms with Crippen molar-refractivity contribution in [3.8, 4) is 11.5 Å². The molecule has 0 unspecified atom stereocenters. The molecule has 0 radical (unpaired) electrons. The second-order valence-electron chi connectivity index (χ2n) is 7.77. The third-order valence-electron chi connectivity index (χ3n) is 5.37. The number of rotatable bonds is 14. The van der Waals surface area contributed by atoms with E-state index in [0.29, 0.717) is 18.7 Å². The average Bonchev–Trinajstić information content (AvgIpc) is 2.74. The van der Waals surface area contributed by atoms with Crippen LogP contribution in [-0.2, 0) is 6.54 Å². The van der Waals surface area contributed by atoms with Gasteiger partial charge in [0.15, 0.2) is 5.75 Å². The lowest BCUT2D eigenvalue weighted by molar-refractivity contribution is -0.384. The fourth-order valence-electron chi connectivity index (χ4n) is 3.59.